The van der Waals surface area contributed by atoms with Crippen molar-refractivity contribution in [2.75, 3.05) is 13.1 Å². The number of amides is 1. The number of aromatic amines is 1. The van der Waals surface area contributed by atoms with Crippen molar-refractivity contribution in [3.8, 4) is 5.75 Å². The summed E-state index contributed by atoms with van der Waals surface area (Å²) in [4.78, 5) is 30.3. The van der Waals surface area contributed by atoms with Gasteiger partial charge in [-0.2, -0.15) is 0 Å². The minimum Gasteiger partial charge on any atom is -0.486 e. The SMILES string of the molecule is Cc1cccc(C)c1OC1CN(C(=O)c2ccc3c(c2)[nH]c(=O)n3C2CCC(O)CC2)C1. The van der Waals surface area contributed by atoms with Crippen LogP contribution in [0.5, 0.6) is 5.75 Å². The fraction of sp³-hybridized carbons (Fsp3) is 0.440. The first-order chi connectivity index (χ1) is 15.4. The second kappa shape index (κ2) is 8.13. The van der Waals surface area contributed by atoms with Gasteiger partial charge in [-0.3, -0.25) is 9.36 Å². The van der Waals surface area contributed by atoms with Crippen molar-refractivity contribution < 1.29 is 14.6 Å². The molecule has 1 amide bonds. The van der Waals surface area contributed by atoms with E-state index >= 15 is 0 Å². The summed E-state index contributed by atoms with van der Waals surface area (Å²) in [5.41, 5.74) is 4.10. The van der Waals surface area contributed by atoms with Gasteiger partial charge in [0.1, 0.15) is 11.9 Å². The standard InChI is InChI=1S/C25H29N3O4/c1-15-4-3-5-16(2)23(15)32-20-13-27(14-20)24(30)17-6-11-22-21(12-17)26-25(31)28(22)18-7-9-19(29)10-8-18/h3-6,11-12,18-20,29H,7-10,13-14H2,1-2H3,(H,26,31). The van der Waals surface area contributed by atoms with Crippen LogP contribution in [0.2, 0.25) is 0 Å². The van der Waals surface area contributed by atoms with Gasteiger partial charge in [-0.15, -0.1) is 0 Å². The van der Waals surface area contributed by atoms with E-state index < -0.39 is 0 Å². The molecule has 1 aromatic heterocycles. The molecule has 2 aromatic carbocycles. The zero-order valence-corrected chi connectivity index (χ0v) is 18.5. The Balaban J connectivity index is 1.28. The smallest absolute Gasteiger partial charge is 0.326 e. The molecule has 168 valence electrons. The van der Waals surface area contributed by atoms with Gasteiger partial charge in [0.15, 0.2) is 0 Å². The van der Waals surface area contributed by atoms with Crippen LogP contribution in [0.15, 0.2) is 41.2 Å². The molecule has 0 atom stereocenters. The number of carbonyl (C=O) groups is 1. The van der Waals surface area contributed by atoms with E-state index in [1.165, 1.54) is 0 Å². The number of nitrogens with zero attached hydrogens (tertiary/aromatic N) is 2. The third-order valence-electron chi connectivity index (χ3n) is 6.82. The maximum absolute atomic E-state index is 13.0. The molecule has 2 fully saturated rings. The van der Waals surface area contributed by atoms with Crippen LogP contribution in [-0.2, 0) is 0 Å². The summed E-state index contributed by atoms with van der Waals surface area (Å²) in [7, 11) is 0. The number of hydrogen-bond acceptors (Lipinski definition) is 4. The molecule has 5 rings (SSSR count). The molecule has 1 saturated heterocycles. The molecule has 0 unspecified atom stereocenters. The number of aliphatic hydroxyl groups excluding tert-OH is 1. The zero-order chi connectivity index (χ0) is 22.4. The highest BCUT2D eigenvalue weighted by atomic mass is 16.5. The molecule has 1 saturated carbocycles. The lowest BCUT2D eigenvalue weighted by molar-refractivity contribution is 0.0173. The van der Waals surface area contributed by atoms with Crippen LogP contribution < -0.4 is 10.4 Å². The Labute approximate surface area is 186 Å². The molecule has 2 N–H and O–H groups in total. The lowest BCUT2D eigenvalue weighted by Gasteiger charge is -2.39. The fourth-order valence-electron chi connectivity index (χ4n) is 4.96. The zero-order valence-electron chi connectivity index (χ0n) is 18.5. The number of aliphatic hydroxyl groups is 1. The Bertz CT molecular complexity index is 1190. The highest BCUT2D eigenvalue weighted by Crippen LogP contribution is 2.30. The van der Waals surface area contributed by atoms with Gasteiger partial charge < -0.3 is 19.7 Å². The molecule has 2 aliphatic rings. The molecule has 7 nitrogen and oxygen atoms in total. The van der Waals surface area contributed by atoms with Gasteiger partial charge >= 0.3 is 5.69 Å². The van der Waals surface area contributed by atoms with Crippen LogP contribution in [0.1, 0.15) is 53.2 Å². The third kappa shape index (κ3) is 3.71. The van der Waals surface area contributed by atoms with E-state index in [1.807, 2.05) is 38.1 Å². The molecular formula is C25H29N3O4. The van der Waals surface area contributed by atoms with Crippen LogP contribution >= 0.6 is 0 Å². The van der Waals surface area contributed by atoms with E-state index in [9.17, 15) is 14.7 Å². The summed E-state index contributed by atoms with van der Waals surface area (Å²) in [6, 6.07) is 11.6. The van der Waals surface area contributed by atoms with E-state index in [-0.39, 0.29) is 29.8 Å². The summed E-state index contributed by atoms with van der Waals surface area (Å²) >= 11 is 0. The number of imidazole rings is 1. The average Bonchev–Trinajstić information content (AvgIpc) is 3.07. The molecule has 7 heteroatoms. The number of H-pyrrole nitrogens is 1. The maximum Gasteiger partial charge on any atom is 0.326 e. The molecule has 0 spiro atoms. The molecule has 3 aromatic rings. The quantitative estimate of drug-likeness (QED) is 0.658. The van der Waals surface area contributed by atoms with Crippen molar-refractivity contribution in [2.24, 2.45) is 0 Å². The second-order valence-electron chi connectivity index (χ2n) is 9.17. The van der Waals surface area contributed by atoms with Crippen LogP contribution in [0.3, 0.4) is 0 Å². The van der Waals surface area contributed by atoms with Crippen molar-refractivity contribution in [3.63, 3.8) is 0 Å². The predicted molar refractivity (Wildman–Crippen MR) is 122 cm³/mol. The summed E-state index contributed by atoms with van der Waals surface area (Å²) in [6.07, 6.45) is 2.70. The van der Waals surface area contributed by atoms with Crippen LogP contribution in [0.4, 0.5) is 0 Å². The average molecular weight is 436 g/mol. The first-order valence-electron chi connectivity index (χ1n) is 11.3. The number of hydrogen-bond donors (Lipinski definition) is 2. The Morgan fingerprint density at radius 1 is 1.06 bits per heavy atom. The Morgan fingerprint density at radius 3 is 2.44 bits per heavy atom. The number of rotatable bonds is 4. The van der Waals surface area contributed by atoms with Crippen LogP contribution in [0, 0.1) is 13.8 Å². The highest BCUT2D eigenvalue weighted by molar-refractivity contribution is 5.97. The first-order valence-corrected chi connectivity index (χ1v) is 11.3. The van der Waals surface area contributed by atoms with Crippen molar-refractivity contribution >= 4 is 16.9 Å². The monoisotopic (exact) mass is 435 g/mol. The molecule has 0 bridgehead atoms. The molecule has 1 aliphatic heterocycles. The van der Waals surface area contributed by atoms with Gasteiger partial charge in [-0.05, 0) is 68.9 Å². The number of aryl methyl sites for hydroxylation is 2. The molecule has 1 aliphatic carbocycles. The van der Waals surface area contributed by atoms with Crippen LogP contribution in [-0.4, -0.2) is 50.8 Å². The predicted octanol–water partition coefficient (Wildman–Crippen LogP) is 3.33. The highest BCUT2D eigenvalue weighted by Gasteiger charge is 2.33. The van der Waals surface area contributed by atoms with E-state index in [2.05, 4.69) is 4.98 Å². The Kier molecular flexibility index (Phi) is 5.29. The van der Waals surface area contributed by atoms with E-state index in [1.54, 1.807) is 21.6 Å². The molecular weight excluding hydrogens is 406 g/mol. The number of para-hydroxylation sites is 1. The second-order valence-corrected chi connectivity index (χ2v) is 9.17. The summed E-state index contributed by atoms with van der Waals surface area (Å²) < 4.78 is 7.91. The normalized spacial score (nSPS) is 21.5. The summed E-state index contributed by atoms with van der Waals surface area (Å²) in [6.45, 7) is 5.15. The maximum atomic E-state index is 13.0. The number of carbonyl (C=O) groups excluding carboxylic acids is 1. The van der Waals surface area contributed by atoms with E-state index in [0.717, 1.165) is 35.2 Å². The third-order valence-corrected chi connectivity index (χ3v) is 6.82. The first kappa shape index (κ1) is 20.8. The topological polar surface area (TPSA) is 87.6 Å². The fourth-order valence-corrected chi connectivity index (χ4v) is 4.96. The lowest BCUT2D eigenvalue weighted by atomic mass is 9.93. The Morgan fingerprint density at radius 2 is 1.75 bits per heavy atom. The number of likely N-dealkylation sites (tertiary alicyclic amines) is 1. The van der Waals surface area contributed by atoms with Crippen molar-refractivity contribution in [1.29, 1.82) is 0 Å². The van der Waals surface area contributed by atoms with Gasteiger partial charge in [0, 0.05) is 11.6 Å². The number of fused-ring (bicyclic) bond motifs is 1. The number of nitrogens with one attached hydrogen (secondary N) is 1. The molecule has 32 heavy (non-hydrogen) atoms. The van der Waals surface area contributed by atoms with Crippen molar-refractivity contribution in [2.45, 2.75) is 57.8 Å². The van der Waals surface area contributed by atoms with Gasteiger partial charge in [0.25, 0.3) is 5.91 Å². The van der Waals surface area contributed by atoms with E-state index in [0.29, 0.717) is 37.0 Å². The van der Waals surface area contributed by atoms with Crippen molar-refractivity contribution in [1.82, 2.24) is 14.5 Å². The number of aromatic nitrogens is 2. The summed E-state index contributed by atoms with van der Waals surface area (Å²) in [5.74, 6) is 0.850. The number of benzene rings is 2. The van der Waals surface area contributed by atoms with Crippen molar-refractivity contribution in [3.05, 3.63) is 63.6 Å². The van der Waals surface area contributed by atoms with Crippen LogP contribution in [0.25, 0.3) is 11.0 Å². The van der Waals surface area contributed by atoms with Gasteiger partial charge in [-0.25, -0.2) is 4.79 Å². The molecule has 0 radical (unpaired) electrons. The Hall–Kier alpha value is -3.06. The largest absolute Gasteiger partial charge is 0.486 e. The van der Waals surface area contributed by atoms with Gasteiger partial charge in [0.05, 0.1) is 30.2 Å². The number of ether oxygens (including phenoxy) is 1. The minimum atomic E-state index is -0.268. The lowest BCUT2D eigenvalue weighted by Crippen LogP contribution is -2.56. The summed E-state index contributed by atoms with van der Waals surface area (Å²) in [5, 5.41) is 9.77. The van der Waals surface area contributed by atoms with Gasteiger partial charge in [-0.1, -0.05) is 18.2 Å². The molecule has 2 heterocycles. The van der Waals surface area contributed by atoms with Gasteiger partial charge in [0.2, 0.25) is 0 Å². The minimum absolute atomic E-state index is 0.00924. The van der Waals surface area contributed by atoms with E-state index in [4.69, 9.17) is 4.74 Å².